The summed E-state index contributed by atoms with van der Waals surface area (Å²) in [7, 11) is -4.21. The summed E-state index contributed by atoms with van der Waals surface area (Å²) in [5, 5.41) is 10.6. The van der Waals surface area contributed by atoms with Crippen molar-refractivity contribution in [3.63, 3.8) is 0 Å². The van der Waals surface area contributed by atoms with Crippen molar-refractivity contribution in [1.82, 2.24) is 0 Å². The predicted molar refractivity (Wildman–Crippen MR) is 87.2 cm³/mol. The van der Waals surface area contributed by atoms with Crippen LogP contribution in [0.1, 0.15) is 23.7 Å². The van der Waals surface area contributed by atoms with Gasteiger partial charge >= 0.3 is 14.0 Å². The quantitative estimate of drug-likeness (QED) is 0.392. The van der Waals surface area contributed by atoms with Gasteiger partial charge in [-0.25, -0.2) is 4.57 Å². The van der Waals surface area contributed by atoms with Crippen molar-refractivity contribution in [2.75, 3.05) is 6.61 Å². The monoisotopic (exact) mass is 403 g/mol. The fourth-order valence-electron chi connectivity index (χ4n) is 2.56. The molecule has 0 amide bonds. The van der Waals surface area contributed by atoms with Gasteiger partial charge in [0.2, 0.25) is 0 Å². The van der Waals surface area contributed by atoms with E-state index in [4.69, 9.17) is 13.6 Å². The van der Waals surface area contributed by atoms with Gasteiger partial charge in [0.05, 0.1) is 23.2 Å². The van der Waals surface area contributed by atoms with Crippen LogP contribution >= 0.6 is 7.82 Å². The van der Waals surface area contributed by atoms with Gasteiger partial charge in [0.1, 0.15) is 5.75 Å². The largest absolute Gasteiger partial charge is 0.530 e. The average molecular weight is 403 g/mol. The van der Waals surface area contributed by atoms with Crippen LogP contribution in [0.2, 0.25) is 0 Å². The molecule has 0 unspecified atom stereocenters. The molecule has 1 fully saturated rings. The van der Waals surface area contributed by atoms with Crippen LogP contribution in [0.5, 0.6) is 5.75 Å². The lowest BCUT2D eigenvalue weighted by Gasteiger charge is -2.30. The van der Waals surface area contributed by atoms with Crippen LogP contribution in [0.4, 0.5) is 18.9 Å². The van der Waals surface area contributed by atoms with E-state index in [1.807, 2.05) is 0 Å². The Morgan fingerprint density at radius 1 is 1.15 bits per heavy atom. The number of phosphoric ester groups is 1. The first-order chi connectivity index (χ1) is 12.7. The number of alkyl halides is 3. The zero-order valence-corrected chi connectivity index (χ0v) is 14.5. The third-order valence-electron chi connectivity index (χ3n) is 3.76. The van der Waals surface area contributed by atoms with Crippen molar-refractivity contribution in [2.45, 2.75) is 18.7 Å². The number of rotatable bonds is 4. The van der Waals surface area contributed by atoms with Gasteiger partial charge in [-0.1, -0.05) is 18.2 Å². The van der Waals surface area contributed by atoms with E-state index in [9.17, 15) is 27.9 Å². The zero-order valence-electron chi connectivity index (χ0n) is 13.6. The first kappa shape index (κ1) is 19.3. The lowest BCUT2D eigenvalue weighted by molar-refractivity contribution is -0.384. The summed E-state index contributed by atoms with van der Waals surface area (Å²) in [5.41, 5.74) is -1.26. The van der Waals surface area contributed by atoms with Gasteiger partial charge in [0.25, 0.3) is 5.69 Å². The highest BCUT2D eigenvalue weighted by Gasteiger charge is 2.41. The minimum atomic E-state index is -4.60. The van der Waals surface area contributed by atoms with Gasteiger partial charge < -0.3 is 4.52 Å². The lowest BCUT2D eigenvalue weighted by atomic mass is 10.00. The molecule has 11 heteroatoms. The number of non-ortho nitro benzene ring substituents is 1. The molecule has 1 saturated heterocycles. The molecule has 27 heavy (non-hydrogen) atoms. The van der Waals surface area contributed by atoms with Crippen LogP contribution in [0.15, 0.2) is 48.5 Å². The summed E-state index contributed by atoms with van der Waals surface area (Å²) in [6.45, 7) is -0.138. The second-order valence-corrected chi connectivity index (χ2v) is 7.14. The topological polar surface area (TPSA) is 87.9 Å². The number of nitro groups is 1. The number of benzene rings is 2. The maximum atomic E-state index is 13.2. The van der Waals surface area contributed by atoms with E-state index in [1.165, 1.54) is 30.3 Å². The summed E-state index contributed by atoms with van der Waals surface area (Å²) in [4.78, 5) is 10.0. The number of halogens is 3. The van der Waals surface area contributed by atoms with Crippen LogP contribution < -0.4 is 4.52 Å². The maximum Gasteiger partial charge on any atom is 0.530 e. The molecule has 7 nitrogen and oxygen atoms in total. The molecular formula is C16H13F3NO6P. The number of phosphoric acid groups is 1. The highest BCUT2D eigenvalue weighted by atomic mass is 31.2. The highest BCUT2D eigenvalue weighted by molar-refractivity contribution is 7.49. The fraction of sp³-hybridized carbons (Fsp3) is 0.250. The Labute approximate surface area is 151 Å². The summed E-state index contributed by atoms with van der Waals surface area (Å²) < 4.78 is 67.7. The second-order valence-electron chi connectivity index (χ2n) is 5.59. The van der Waals surface area contributed by atoms with Crippen molar-refractivity contribution in [3.8, 4) is 5.75 Å². The fourth-order valence-corrected chi connectivity index (χ4v) is 3.96. The maximum absolute atomic E-state index is 13.2. The number of nitrogens with zero attached hydrogens (tertiary/aromatic N) is 1. The predicted octanol–water partition coefficient (Wildman–Crippen LogP) is 5.28. The van der Waals surface area contributed by atoms with Gasteiger partial charge in [-0.2, -0.15) is 13.2 Å². The molecule has 3 rings (SSSR count). The van der Waals surface area contributed by atoms with Gasteiger partial charge in [0, 0.05) is 18.6 Å². The number of nitro benzene ring substituents is 1. The van der Waals surface area contributed by atoms with Crippen LogP contribution in [0.25, 0.3) is 0 Å². The molecule has 144 valence electrons. The van der Waals surface area contributed by atoms with Crippen LogP contribution in [-0.4, -0.2) is 11.5 Å². The third-order valence-corrected chi connectivity index (χ3v) is 5.21. The Bertz CT molecular complexity index is 886. The Morgan fingerprint density at radius 2 is 1.81 bits per heavy atom. The molecule has 1 aliphatic rings. The van der Waals surface area contributed by atoms with E-state index in [0.717, 1.165) is 18.2 Å². The molecule has 0 N–H and O–H groups in total. The number of hydrogen-bond donors (Lipinski definition) is 0. The summed E-state index contributed by atoms with van der Waals surface area (Å²) in [6, 6.07) is 9.47. The van der Waals surface area contributed by atoms with Crippen molar-refractivity contribution >= 4 is 13.5 Å². The zero-order chi connectivity index (χ0) is 19.7. The van der Waals surface area contributed by atoms with E-state index >= 15 is 0 Å². The van der Waals surface area contributed by atoms with E-state index in [2.05, 4.69) is 0 Å². The van der Waals surface area contributed by atoms with Gasteiger partial charge in [-0.15, -0.1) is 0 Å². The van der Waals surface area contributed by atoms with Crippen LogP contribution in [-0.2, 0) is 19.8 Å². The SMILES string of the molecule is O=[N+]([O-])c1ccc(O[P@]2(=O)OCC[C@@H](c3ccccc3C(F)(F)F)O2)cc1. The second kappa shape index (κ2) is 7.30. The van der Waals surface area contributed by atoms with Crippen molar-refractivity contribution in [1.29, 1.82) is 0 Å². The smallest absolute Gasteiger partial charge is 0.404 e. The van der Waals surface area contributed by atoms with Crippen LogP contribution in [0.3, 0.4) is 0 Å². The van der Waals surface area contributed by atoms with Crippen LogP contribution in [0, 0.1) is 10.1 Å². The Balaban J connectivity index is 1.81. The van der Waals surface area contributed by atoms with E-state index in [1.54, 1.807) is 0 Å². The minimum Gasteiger partial charge on any atom is -0.404 e. The molecule has 1 aliphatic heterocycles. The van der Waals surface area contributed by atoms with Gasteiger partial charge in [-0.3, -0.25) is 19.2 Å². The average Bonchev–Trinajstić information content (AvgIpc) is 2.61. The molecule has 2 aromatic rings. The molecule has 0 saturated carbocycles. The van der Waals surface area contributed by atoms with E-state index < -0.39 is 30.6 Å². The standard InChI is InChI=1S/C16H13F3NO6P/c17-16(18,19)14-4-2-1-3-13(14)15-9-10-24-27(23,26-15)25-12-7-5-11(6-8-12)20(21)22/h1-8,15H,9-10H2/t15-,27-/m0/s1. The minimum absolute atomic E-state index is 0.0336. The molecule has 2 atom stereocenters. The van der Waals surface area contributed by atoms with Crippen molar-refractivity contribution < 1.29 is 36.2 Å². The van der Waals surface area contributed by atoms with E-state index in [0.29, 0.717) is 0 Å². The molecule has 2 aromatic carbocycles. The molecule has 1 heterocycles. The first-order valence-electron chi connectivity index (χ1n) is 7.71. The molecular weight excluding hydrogens is 390 g/mol. The molecule has 0 aliphatic carbocycles. The molecule has 0 aromatic heterocycles. The Hall–Kier alpha value is -2.42. The van der Waals surface area contributed by atoms with Crippen molar-refractivity contribution in [3.05, 3.63) is 69.8 Å². The number of hydrogen-bond acceptors (Lipinski definition) is 6. The summed E-state index contributed by atoms with van der Waals surface area (Å²) in [6.07, 6.45) is -5.68. The first-order valence-corrected chi connectivity index (χ1v) is 9.17. The van der Waals surface area contributed by atoms with Crippen molar-refractivity contribution in [2.24, 2.45) is 0 Å². The Morgan fingerprint density at radius 3 is 2.44 bits per heavy atom. The highest BCUT2D eigenvalue weighted by Crippen LogP contribution is 2.57. The molecule has 0 spiro atoms. The summed E-state index contributed by atoms with van der Waals surface area (Å²) >= 11 is 0. The molecule has 0 bridgehead atoms. The third kappa shape index (κ3) is 4.47. The van der Waals surface area contributed by atoms with E-state index in [-0.39, 0.29) is 30.0 Å². The Kier molecular flexibility index (Phi) is 5.23. The van der Waals surface area contributed by atoms with Gasteiger partial charge in [0.15, 0.2) is 0 Å². The lowest BCUT2D eigenvalue weighted by Crippen LogP contribution is -2.20. The normalized spacial score (nSPS) is 23.0. The molecule has 0 radical (unpaired) electrons. The summed E-state index contributed by atoms with van der Waals surface area (Å²) in [5.74, 6) is -0.0336. The van der Waals surface area contributed by atoms with Gasteiger partial charge in [-0.05, 0) is 23.8 Å².